The molecule has 1 aromatic rings. The minimum absolute atomic E-state index is 0.00260. The van der Waals surface area contributed by atoms with Crippen LogP contribution in [0.25, 0.3) is 0 Å². The molecule has 1 aliphatic heterocycles. The van der Waals surface area contributed by atoms with E-state index < -0.39 is 0 Å². The molecule has 2 amide bonds. The molecule has 1 saturated heterocycles. The second-order valence-corrected chi connectivity index (χ2v) is 6.82. The summed E-state index contributed by atoms with van der Waals surface area (Å²) < 4.78 is 5.46. The zero-order valence-electron chi connectivity index (χ0n) is 15.5. The normalized spacial score (nSPS) is 15.4. The molecule has 6 heteroatoms. The molecule has 1 N–H and O–H groups in total. The van der Waals surface area contributed by atoms with E-state index >= 15 is 0 Å². The highest BCUT2D eigenvalue weighted by Gasteiger charge is 2.27. The predicted molar refractivity (Wildman–Crippen MR) is 96.3 cm³/mol. The monoisotopic (exact) mass is 347 g/mol. The van der Waals surface area contributed by atoms with E-state index in [1.54, 1.807) is 6.20 Å². The maximum absolute atomic E-state index is 12.5. The molecule has 2 rings (SSSR count). The van der Waals surface area contributed by atoms with Crippen LogP contribution in [-0.4, -0.2) is 54.0 Å². The minimum Gasteiger partial charge on any atom is -0.379 e. The predicted octanol–water partition coefficient (Wildman–Crippen LogP) is 2.17. The molecule has 138 valence electrons. The number of carbonyl (C=O) groups excluding carboxylic acids is 2. The Labute approximate surface area is 150 Å². The Bertz CT molecular complexity index is 564. The number of likely N-dealkylation sites (tertiary alicyclic amines) is 1. The lowest BCUT2D eigenvalue weighted by Crippen LogP contribution is -2.43. The summed E-state index contributed by atoms with van der Waals surface area (Å²) in [5.74, 6) is 0.0806. The highest BCUT2D eigenvalue weighted by Crippen LogP contribution is 2.19. The van der Waals surface area contributed by atoms with Gasteiger partial charge in [-0.25, -0.2) is 0 Å². The fraction of sp³-hybridized carbons (Fsp3) is 0.632. The van der Waals surface area contributed by atoms with Gasteiger partial charge in [-0.15, -0.1) is 0 Å². The topological polar surface area (TPSA) is 71.5 Å². The second-order valence-electron chi connectivity index (χ2n) is 6.82. The van der Waals surface area contributed by atoms with E-state index in [0.717, 1.165) is 12.1 Å². The van der Waals surface area contributed by atoms with E-state index in [4.69, 9.17) is 4.74 Å². The van der Waals surface area contributed by atoms with Gasteiger partial charge in [-0.3, -0.25) is 14.6 Å². The lowest BCUT2D eigenvalue weighted by molar-refractivity contribution is -0.126. The Morgan fingerprint density at radius 3 is 2.64 bits per heavy atom. The van der Waals surface area contributed by atoms with E-state index in [0.29, 0.717) is 44.6 Å². The van der Waals surface area contributed by atoms with Crippen molar-refractivity contribution in [1.82, 2.24) is 15.2 Å². The van der Waals surface area contributed by atoms with Gasteiger partial charge >= 0.3 is 0 Å². The van der Waals surface area contributed by atoms with Gasteiger partial charge in [0.1, 0.15) is 0 Å². The molecule has 0 bridgehead atoms. The van der Waals surface area contributed by atoms with Crippen molar-refractivity contribution < 1.29 is 14.3 Å². The molecule has 0 spiro atoms. The fourth-order valence-electron chi connectivity index (χ4n) is 2.87. The SMILES string of the molecule is Cc1ccc(C(=O)N2CCC(C(=O)NCCCOC(C)C)CC2)cn1. The van der Waals surface area contributed by atoms with Gasteiger partial charge in [0.25, 0.3) is 5.91 Å². The van der Waals surface area contributed by atoms with Crippen molar-refractivity contribution in [1.29, 1.82) is 0 Å². The van der Waals surface area contributed by atoms with Crippen molar-refractivity contribution in [3.8, 4) is 0 Å². The van der Waals surface area contributed by atoms with Crippen LogP contribution in [-0.2, 0) is 9.53 Å². The van der Waals surface area contributed by atoms with Crippen molar-refractivity contribution in [3.05, 3.63) is 29.6 Å². The van der Waals surface area contributed by atoms with E-state index in [-0.39, 0.29) is 23.8 Å². The number of ether oxygens (including phenoxy) is 1. The molecule has 2 heterocycles. The van der Waals surface area contributed by atoms with Gasteiger partial charge in [0.15, 0.2) is 0 Å². The minimum atomic E-state index is -0.00814. The number of nitrogens with one attached hydrogen (secondary N) is 1. The van der Waals surface area contributed by atoms with Crippen molar-refractivity contribution in [2.75, 3.05) is 26.2 Å². The number of hydrogen-bond acceptors (Lipinski definition) is 4. The molecular weight excluding hydrogens is 318 g/mol. The number of aryl methyl sites for hydroxylation is 1. The molecule has 0 aromatic carbocycles. The number of carbonyl (C=O) groups is 2. The van der Waals surface area contributed by atoms with Crippen LogP contribution in [0.5, 0.6) is 0 Å². The Morgan fingerprint density at radius 1 is 1.32 bits per heavy atom. The third-order valence-corrected chi connectivity index (χ3v) is 4.38. The van der Waals surface area contributed by atoms with E-state index in [2.05, 4.69) is 10.3 Å². The Morgan fingerprint density at radius 2 is 2.04 bits per heavy atom. The largest absolute Gasteiger partial charge is 0.379 e. The molecule has 25 heavy (non-hydrogen) atoms. The Kier molecular flexibility index (Phi) is 7.37. The summed E-state index contributed by atoms with van der Waals surface area (Å²) in [5.41, 5.74) is 1.50. The first-order valence-electron chi connectivity index (χ1n) is 9.08. The highest BCUT2D eigenvalue weighted by atomic mass is 16.5. The smallest absolute Gasteiger partial charge is 0.255 e. The summed E-state index contributed by atoms with van der Waals surface area (Å²) in [7, 11) is 0. The molecule has 0 unspecified atom stereocenters. The summed E-state index contributed by atoms with van der Waals surface area (Å²) in [6, 6.07) is 3.65. The lowest BCUT2D eigenvalue weighted by Gasteiger charge is -2.31. The molecule has 0 atom stereocenters. The van der Waals surface area contributed by atoms with Crippen molar-refractivity contribution in [3.63, 3.8) is 0 Å². The van der Waals surface area contributed by atoms with Gasteiger partial charge in [-0.05, 0) is 52.2 Å². The number of aromatic nitrogens is 1. The Balaban J connectivity index is 1.70. The maximum atomic E-state index is 12.5. The van der Waals surface area contributed by atoms with Gasteiger partial charge in [-0.1, -0.05) is 0 Å². The molecular formula is C19H29N3O3. The zero-order valence-corrected chi connectivity index (χ0v) is 15.5. The van der Waals surface area contributed by atoms with Crippen LogP contribution in [0.1, 0.15) is 49.2 Å². The van der Waals surface area contributed by atoms with Crippen LogP contribution in [0, 0.1) is 12.8 Å². The number of piperidine rings is 1. The first-order valence-corrected chi connectivity index (χ1v) is 9.08. The average Bonchev–Trinajstić information content (AvgIpc) is 2.61. The van der Waals surface area contributed by atoms with E-state index in [1.807, 2.05) is 37.8 Å². The summed E-state index contributed by atoms with van der Waals surface area (Å²) >= 11 is 0. The summed E-state index contributed by atoms with van der Waals surface area (Å²) in [4.78, 5) is 30.7. The maximum Gasteiger partial charge on any atom is 0.255 e. The van der Waals surface area contributed by atoms with Gasteiger partial charge in [0, 0.05) is 44.0 Å². The number of hydrogen-bond donors (Lipinski definition) is 1. The molecule has 0 aliphatic carbocycles. The van der Waals surface area contributed by atoms with E-state index in [1.165, 1.54) is 0 Å². The number of nitrogens with zero attached hydrogens (tertiary/aromatic N) is 2. The van der Waals surface area contributed by atoms with Crippen molar-refractivity contribution >= 4 is 11.8 Å². The zero-order chi connectivity index (χ0) is 18.2. The van der Waals surface area contributed by atoms with Crippen LogP contribution >= 0.6 is 0 Å². The van der Waals surface area contributed by atoms with Gasteiger partial charge < -0.3 is 15.0 Å². The quantitative estimate of drug-likeness (QED) is 0.768. The van der Waals surface area contributed by atoms with Crippen molar-refractivity contribution in [2.24, 2.45) is 5.92 Å². The lowest BCUT2D eigenvalue weighted by atomic mass is 9.95. The summed E-state index contributed by atoms with van der Waals surface area (Å²) in [5, 5.41) is 2.98. The fourth-order valence-corrected chi connectivity index (χ4v) is 2.87. The summed E-state index contributed by atoms with van der Waals surface area (Å²) in [6.45, 7) is 8.42. The molecule has 1 fully saturated rings. The third-order valence-electron chi connectivity index (χ3n) is 4.38. The molecule has 0 radical (unpaired) electrons. The molecule has 1 aromatic heterocycles. The second kappa shape index (κ2) is 9.51. The van der Waals surface area contributed by atoms with Crippen molar-refractivity contribution in [2.45, 2.75) is 46.1 Å². The standard InChI is InChI=1S/C19H29N3O3/c1-14(2)25-12-4-9-20-18(23)16-7-10-22(11-8-16)19(24)17-6-5-15(3)21-13-17/h5-6,13-14,16H,4,7-12H2,1-3H3,(H,20,23). The number of pyridine rings is 1. The van der Waals surface area contributed by atoms with Gasteiger partial charge in [0.2, 0.25) is 5.91 Å². The number of rotatable bonds is 7. The van der Waals surface area contributed by atoms with Crippen LogP contribution in [0.2, 0.25) is 0 Å². The first-order chi connectivity index (χ1) is 12.0. The average molecular weight is 347 g/mol. The number of amides is 2. The molecule has 6 nitrogen and oxygen atoms in total. The van der Waals surface area contributed by atoms with Gasteiger partial charge in [0.05, 0.1) is 11.7 Å². The summed E-state index contributed by atoms with van der Waals surface area (Å²) in [6.07, 6.45) is 4.08. The van der Waals surface area contributed by atoms with Crippen LogP contribution in [0.15, 0.2) is 18.3 Å². The van der Waals surface area contributed by atoms with Crippen LogP contribution < -0.4 is 5.32 Å². The van der Waals surface area contributed by atoms with Crippen LogP contribution in [0.4, 0.5) is 0 Å². The first kappa shape index (κ1) is 19.4. The highest BCUT2D eigenvalue weighted by molar-refractivity contribution is 5.94. The molecule has 1 aliphatic rings. The van der Waals surface area contributed by atoms with E-state index in [9.17, 15) is 9.59 Å². The molecule has 0 saturated carbocycles. The third kappa shape index (κ3) is 6.12. The Hall–Kier alpha value is -1.95. The van der Waals surface area contributed by atoms with Crippen LogP contribution in [0.3, 0.4) is 0 Å². The van der Waals surface area contributed by atoms with Gasteiger partial charge in [-0.2, -0.15) is 0 Å².